The summed E-state index contributed by atoms with van der Waals surface area (Å²) >= 11 is 0. The highest BCUT2D eigenvalue weighted by Crippen LogP contribution is 2.25. The lowest BCUT2D eigenvalue weighted by atomic mass is 10.1. The Morgan fingerprint density at radius 1 is 1.21 bits per heavy atom. The molecule has 2 unspecified atom stereocenters. The van der Waals surface area contributed by atoms with Gasteiger partial charge in [0.05, 0.1) is 11.8 Å². The lowest BCUT2D eigenvalue weighted by Gasteiger charge is -2.30. The maximum absolute atomic E-state index is 12.8. The van der Waals surface area contributed by atoms with Crippen LogP contribution in [0.25, 0.3) is 0 Å². The van der Waals surface area contributed by atoms with Crippen molar-refractivity contribution in [3.8, 4) is 0 Å². The van der Waals surface area contributed by atoms with Crippen LogP contribution in [0.3, 0.4) is 0 Å². The van der Waals surface area contributed by atoms with Crippen molar-refractivity contribution in [1.82, 2.24) is 4.90 Å². The zero-order chi connectivity index (χ0) is 17.4. The number of β-lactam (4-membered cyclic amide) rings is 1. The van der Waals surface area contributed by atoms with E-state index >= 15 is 0 Å². The number of hydrogen-bond donors (Lipinski definition) is 0. The molecule has 0 radical (unpaired) electrons. The van der Waals surface area contributed by atoms with Crippen LogP contribution in [0.5, 0.6) is 0 Å². The van der Waals surface area contributed by atoms with Gasteiger partial charge in [0.25, 0.3) is 0 Å². The van der Waals surface area contributed by atoms with E-state index in [1.807, 2.05) is 30.3 Å². The molecule has 0 spiro atoms. The van der Waals surface area contributed by atoms with Gasteiger partial charge in [0.2, 0.25) is 5.91 Å². The van der Waals surface area contributed by atoms with E-state index in [0.29, 0.717) is 18.7 Å². The zero-order valence-corrected chi connectivity index (χ0v) is 15.2. The molecule has 1 aromatic carbocycles. The molecule has 1 aliphatic rings. The average Bonchev–Trinajstić information content (AvgIpc) is 2.60. The molecule has 0 aromatic heterocycles. The monoisotopic (exact) mass is 349 g/mol. The Labute approximate surface area is 147 Å². The summed E-state index contributed by atoms with van der Waals surface area (Å²) in [6.45, 7) is 2.98. The van der Waals surface area contributed by atoms with E-state index in [9.17, 15) is 13.8 Å². The maximum atomic E-state index is 12.8. The molecule has 0 bridgehead atoms. The van der Waals surface area contributed by atoms with Gasteiger partial charge in [-0.25, -0.2) is 0 Å². The van der Waals surface area contributed by atoms with Crippen LogP contribution in [0.4, 0.5) is 0 Å². The summed E-state index contributed by atoms with van der Waals surface area (Å²) < 4.78 is 12.8. The Hall–Kier alpha value is -1.49. The first kappa shape index (κ1) is 18.8. The molecule has 132 valence electrons. The normalized spacial score (nSPS) is 16.5. The smallest absolute Gasteiger partial charge is 0.224 e. The molecule has 0 N–H and O–H groups in total. The summed E-state index contributed by atoms with van der Waals surface area (Å²) in [4.78, 5) is 25.3. The van der Waals surface area contributed by atoms with Gasteiger partial charge in [-0.1, -0.05) is 56.5 Å². The van der Waals surface area contributed by atoms with Crippen molar-refractivity contribution in [3.63, 3.8) is 0 Å². The van der Waals surface area contributed by atoms with Crippen molar-refractivity contribution >= 4 is 22.5 Å². The van der Waals surface area contributed by atoms with Gasteiger partial charge in [-0.3, -0.25) is 13.8 Å². The molecule has 0 aliphatic carbocycles. The van der Waals surface area contributed by atoms with Crippen LogP contribution < -0.4 is 0 Å². The van der Waals surface area contributed by atoms with Gasteiger partial charge in [0.1, 0.15) is 0 Å². The number of ketones is 1. The first-order chi connectivity index (χ1) is 11.6. The molecule has 1 heterocycles. The van der Waals surface area contributed by atoms with Crippen LogP contribution in [-0.4, -0.2) is 39.6 Å². The number of nitrogens with zero attached hydrogens (tertiary/aromatic N) is 1. The Morgan fingerprint density at radius 2 is 1.96 bits per heavy atom. The van der Waals surface area contributed by atoms with E-state index in [-0.39, 0.29) is 29.9 Å². The van der Waals surface area contributed by atoms with Crippen LogP contribution in [-0.2, 0) is 20.4 Å². The van der Waals surface area contributed by atoms with Crippen molar-refractivity contribution in [2.75, 3.05) is 18.8 Å². The molecule has 0 saturated carbocycles. The summed E-state index contributed by atoms with van der Waals surface area (Å²) in [6.07, 6.45) is 5.11. The first-order valence-electron chi connectivity index (χ1n) is 8.83. The second kappa shape index (κ2) is 9.72. The number of Topliss-reactive ketones (excluding diaryl/α,β-unsaturated/α-hetero) is 1. The van der Waals surface area contributed by atoms with Crippen molar-refractivity contribution in [3.05, 3.63) is 35.9 Å². The quantitative estimate of drug-likeness (QED) is 0.455. The van der Waals surface area contributed by atoms with Crippen LogP contribution in [0, 0.1) is 0 Å². The van der Waals surface area contributed by atoms with E-state index in [2.05, 4.69) is 6.92 Å². The maximum Gasteiger partial charge on any atom is 0.224 e. The fourth-order valence-corrected chi connectivity index (χ4v) is 4.46. The highest BCUT2D eigenvalue weighted by molar-refractivity contribution is 7.85. The number of amides is 1. The molecule has 5 heteroatoms. The molecule has 1 fully saturated rings. The van der Waals surface area contributed by atoms with E-state index in [4.69, 9.17) is 0 Å². The van der Waals surface area contributed by atoms with Crippen molar-refractivity contribution in [1.29, 1.82) is 0 Å². The van der Waals surface area contributed by atoms with E-state index < -0.39 is 10.8 Å². The standard InChI is InChI=1S/C19H27NO3S/c1-2-3-4-8-13-24(23)18(16-9-6-5-7-10-16)14-17(21)15-20-12-11-19(20)22/h5-7,9-10,18H,2-4,8,11-15H2,1H3. The SMILES string of the molecule is CCCCCCS(=O)C(CC(=O)CN1CCC1=O)c1ccccc1. The molecule has 24 heavy (non-hydrogen) atoms. The third-order valence-corrected chi connectivity index (χ3v) is 6.18. The minimum atomic E-state index is -1.06. The molecule has 2 rings (SSSR count). The highest BCUT2D eigenvalue weighted by Gasteiger charge is 2.28. The van der Waals surface area contributed by atoms with Gasteiger partial charge < -0.3 is 4.90 Å². The number of rotatable bonds is 11. The third-order valence-electron chi connectivity index (χ3n) is 4.42. The van der Waals surface area contributed by atoms with E-state index in [1.165, 1.54) is 0 Å². The van der Waals surface area contributed by atoms with Crippen LogP contribution in [0.2, 0.25) is 0 Å². The molecule has 2 atom stereocenters. The fraction of sp³-hybridized carbons (Fsp3) is 0.579. The number of benzene rings is 1. The van der Waals surface area contributed by atoms with Gasteiger partial charge >= 0.3 is 0 Å². The Morgan fingerprint density at radius 3 is 2.54 bits per heavy atom. The van der Waals surface area contributed by atoms with Gasteiger partial charge in [-0.2, -0.15) is 0 Å². The Balaban J connectivity index is 1.96. The summed E-state index contributed by atoms with van der Waals surface area (Å²) in [5.74, 6) is 0.675. The van der Waals surface area contributed by atoms with Gasteiger partial charge in [0.15, 0.2) is 5.78 Å². The predicted molar refractivity (Wildman–Crippen MR) is 97.2 cm³/mol. The predicted octanol–water partition coefficient (Wildman–Crippen LogP) is 3.25. The minimum Gasteiger partial charge on any atom is -0.335 e. The number of carbonyl (C=O) groups excluding carboxylic acids is 2. The summed E-state index contributed by atoms with van der Waals surface area (Å²) in [5.41, 5.74) is 0.953. The molecular formula is C19H27NO3S. The molecule has 1 aromatic rings. The topological polar surface area (TPSA) is 54.5 Å². The lowest BCUT2D eigenvalue weighted by molar-refractivity contribution is -0.143. The van der Waals surface area contributed by atoms with Crippen molar-refractivity contribution < 1.29 is 13.8 Å². The zero-order valence-electron chi connectivity index (χ0n) is 14.4. The minimum absolute atomic E-state index is 0.00110. The van der Waals surface area contributed by atoms with Crippen LogP contribution >= 0.6 is 0 Å². The number of unbranched alkanes of at least 4 members (excludes halogenated alkanes) is 3. The number of hydrogen-bond acceptors (Lipinski definition) is 3. The van der Waals surface area contributed by atoms with Crippen molar-refractivity contribution in [2.24, 2.45) is 0 Å². The summed E-state index contributed by atoms with van der Waals surface area (Å²) in [6, 6.07) is 9.64. The fourth-order valence-electron chi connectivity index (χ4n) is 2.86. The van der Waals surface area contributed by atoms with Crippen LogP contribution in [0.1, 0.15) is 56.3 Å². The molecule has 1 aliphatic heterocycles. The largest absolute Gasteiger partial charge is 0.335 e. The van der Waals surface area contributed by atoms with Gasteiger partial charge in [-0.15, -0.1) is 0 Å². The third kappa shape index (κ3) is 5.55. The van der Waals surface area contributed by atoms with Crippen LogP contribution in [0.15, 0.2) is 30.3 Å². The Bertz CT molecular complexity index is 573. The molecular weight excluding hydrogens is 322 g/mol. The molecule has 4 nitrogen and oxygen atoms in total. The number of carbonyl (C=O) groups is 2. The Kier molecular flexibility index (Phi) is 7.63. The van der Waals surface area contributed by atoms with E-state index in [0.717, 1.165) is 31.2 Å². The molecule has 1 saturated heterocycles. The summed E-state index contributed by atoms with van der Waals surface area (Å²) in [7, 11) is -1.06. The van der Waals surface area contributed by atoms with Crippen molar-refractivity contribution in [2.45, 2.75) is 50.7 Å². The summed E-state index contributed by atoms with van der Waals surface area (Å²) in [5, 5.41) is -0.267. The average molecular weight is 349 g/mol. The lowest BCUT2D eigenvalue weighted by Crippen LogP contribution is -2.46. The first-order valence-corrected chi connectivity index (χ1v) is 10.2. The van der Waals surface area contributed by atoms with Gasteiger partial charge in [-0.05, 0) is 12.0 Å². The van der Waals surface area contributed by atoms with Gasteiger partial charge in [0, 0.05) is 35.9 Å². The number of likely N-dealkylation sites (tertiary alicyclic amines) is 1. The van der Waals surface area contributed by atoms with E-state index in [1.54, 1.807) is 4.90 Å². The molecule has 1 amide bonds. The second-order valence-corrected chi connectivity index (χ2v) is 8.09. The second-order valence-electron chi connectivity index (χ2n) is 6.35. The highest BCUT2D eigenvalue weighted by atomic mass is 32.2.